The Bertz CT molecular complexity index is 839. The number of halogens is 3. The number of nitrogens with one attached hydrogen (secondary N) is 2. The molecule has 0 heterocycles. The van der Waals surface area contributed by atoms with Crippen LogP contribution in [-0.4, -0.2) is 25.0 Å². The number of rotatable bonds is 8. The summed E-state index contributed by atoms with van der Waals surface area (Å²) in [5.74, 6) is -4.70. The van der Waals surface area contributed by atoms with Gasteiger partial charge < -0.3 is 15.4 Å². The van der Waals surface area contributed by atoms with Crippen LogP contribution < -0.4 is 15.4 Å². The van der Waals surface area contributed by atoms with Gasteiger partial charge in [-0.05, 0) is 48.7 Å². The van der Waals surface area contributed by atoms with Crippen LogP contribution in [0.5, 0.6) is 5.75 Å². The van der Waals surface area contributed by atoms with E-state index in [1.165, 1.54) is 0 Å². The molecule has 0 bridgehead atoms. The fourth-order valence-corrected chi connectivity index (χ4v) is 2.19. The second-order valence-electron chi connectivity index (χ2n) is 6.51. The molecule has 0 atom stereocenters. The molecule has 150 valence electrons. The minimum Gasteiger partial charge on any atom is -0.494 e. The minimum atomic E-state index is -1.68. The zero-order valence-corrected chi connectivity index (χ0v) is 15.5. The van der Waals surface area contributed by atoms with E-state index in [1.54, 1.807) is 24.3 Å². The molecule has 2 aromatic carbocycles. The van der Waals surface area contributed by atoms with E-state index in [2.05, 4.69) is 24.5 Å². The maximum absolute atomic E-state index is 13.5. The van der Waals surface area contributed by atoms with Gasteiger partial charge in [0.05, 0.1) is 18.8 Å². The number of anilines is 1. The van der Waals surface area contributed by atoms with Crippen LogP contribution in [0, 0.1) is 23.4 Å². The number of carbonyl (C=O) groups excluding carboxylic acids is 2. The van der Waals surface area contributed by atoms with Crippen LogP contribution in [0.2, 0.25) is 0 Å². The fraction of sp³-hybridized carbons (Fsp3) is 0.300. The molecule has 0 saturated carbocycles. The molecule has 0 aliphatic rings. The van der Waals surface area contributed by atoms with Gasteiger partial charge in [0.15, 0.2) is 17.5 Å². The number of benzene rings is 2. The van der Waals surface area contributed by atoms with Crippen molar-refractivity contribution in [3.8, 4) is 5.75 Å². The van der Waals surface area contributed by atoms with Crippen molar-refractivity contribution in [1.82, 2.24) is 5.32 Å². The third-order valence-electron chi connectivity index (χ3n) is 3.80. The Balaban J connectivity index is 1.84. The highest BCUT2D eigenvalue weighted by molar-refractivity contribution is 5.99. The van der Waals surface area contributed by atoms with E-state index < -0.39 is 41.5 Å². The SMILES string of the molecule is CC(C)CCOc1ccc(C(=O)NCC(=O)Nc2ccc(F)c(F)c2F)cc1. The van der Waals surface area contributed by atoms with Gasteiger partial charge in [-0.2, -0.15) is 0 Å². The van der Waals surface area contributed by atoms with Crippen molar-refractivity contribution in [3.63, 3.8) is 0 Å². The Kier molecular flexibility index (Phi) is 7.43. The standard InChI is InChI=1S/C20H21F3N2O3/c1-12(2)9-10-28-14-5-3-13(4-6-14)20(27)24-11-17(26)25-16-8-7-15(21)18(22)19(16)23/h3-8,12H,9-11H2,1-2H3,(H,24,27)(H,25,26). The highest BCUT2D eigenvalue weighted by atomic mass is 19.2. The molecule has 0 aromatic heterocycles. The number of hydrogen-bond acceptors (Lipinski definition) is 3. The smallest absolute Gasteiger partial charge is 0.251 e. The van der Waals surface area contributed by atoms with Crippen LogP contribution in [0.4, 0.5) is 18.9 Å². The summed E-state index contributed by atoms with van der Waals surface area (Å²) in [7, 11) is 0. The van der Waals surface area contributed by atoms with Gasteiger partial charge in [-0.15, -0.1) is 0 Å². The van der Waals surface area contributed by atoms with Gasteiger partial charge in [0, 0.05) is 5.56 Å². The van der Waals surface area contributed by atoms with Crippen molar-refractivity contribution in [2.45, 2.75) is 20.3 Å². The molecular formula is C20H21F3N2O3. The van der Waals surface area contributed by atoms with Crippen LogP contribution in [0.3, 0.4) is 0 Å². The molecular weight excluding hydrogens is 373 g/mol. The first-order valence-corrected chi connectivity index (χ1v) is 8.72. The lowest BCUT2D eigenvalue weighted by Gasteiger charge is -2.10. The molecule has 5 nitrogen and oxygen atoms in total. The molecule has 0 saturated heterocycles. The van der Waals surface area contributed by atoms with Crippen molar-refractivity contribution in [2.24, 2.45) is 5.92 Å². The summed E-state index contributed by atoms with van der Waals surface area (Å²) >= 11 is 0. The molecule has 2 N–H and O–H groups in total. The summed E-state index contributed by atoms with van der Waals surface area (Å²) < 4.78 is 45.1. The third kappa shape index (κ3) is 6.00. The van der Waals surface area contributed by atoms with Crippen molar-refractivity contribution < 1.29 is 27.5 Å². The van der Waals surface area contributed by atoms with Crippen LogP contribution in [0.25, 0.3) is 0 Å². The van der Waals surface area contributed by atoms with E-state index in [4.69, 9.17) is 4.74 Å². The maximum atomic E-state index is 13.5. The van der Waals surface area contributed by atoms with Gasteiger partial charge in [0.1, 0.15) is 5.75 Å². The van der Waals surface area contributed by atoms with Crippen molar-refractivity contribution in [1.29, 1.82) is 0 Å². The molecule has 0 fully saturated rings. The minimum absolute atomic E-state index is 0.308. The summed E-state index contributed by atoms with van der Waals surface area (Å²) in [4.78, 5) is 23.9. The number of ether oxygens (including phenoxy) is 1. The lowest BCUT2D eigenvalue weighted by molar-refractivity contribution is -0.115. The molecule has 0 radical (unpaired) electrons. The largest absolute Gasteiger partial charge is 0.494 e. The quantitative estimate of drug-likeness (QED) is 0.668. The molecule has 2 aromatic rings. The average molecular weight is 394 g/mol. The van der Waals surface area contributed by atoms with Crippen LogP contribution in [0.15, 0.2) is 36.4 Å². The van der Waals surface area contributed by atoms with Crippen LogP contribution >= 0.6 is 0 Å². The molecule has 2 rings (SSSR count). The Morgan fingerprint density at radius 3 is 2.32 bits per heavy atom. The summed E-state index contributed by atoms with van der Waals surface area (Å²) in [5, 5.41) is 4.43. The van der Waals surface area contributed by atoms with Crippen molar-refractivity contribution >= 4 is 17.5 Å². The van der Waals surface area contributed by atoms with Gasteiger partial charge in [0.2, 0.25) is 5.91 Å². The molecule has 8 heteroatoms. The Morgan fingerprint density at radius 2 is 1.68 bits per heavy atom. The number of hydrogen-bond donors (Lipinski definition) is 2. The first kappa shape index (κ1) is 21.3. The average Bonchev–Trinajstić information content (AvgIpc) is 2.67. The van der Waals surface area contributed by atoms with Crippen LogP contribution in [0.1, 0.15) is 30.6 Å². The van der Waals surface area contributed by atoms with Gasteiger partial charge in [-0.1, -0.05) is 13.8 Å². The first-order valence-electron chi connectivity index (χ1n) is 8.72. The van der Waals surface area contributed by atoms with Crippen molar-refractivity contribution in [3.05, 3.63) is 59.4 Å². The zero-order chi connectivity index (χ0) is 20.7. The Morgan fingerprint density at radius 1 is 1.00 bits per heavy atom. The molecule has 0 aliphatic heterocycles. The highest BCUT2D eigenvalue weighted by Crippen LogP contribution is 2.19. The normalized spacial score (nSPS) is 10.6. The number of carbonyl (C=O) groups is 2. The summed E-state index contributed by atoms with van der Waals surface area (Å²) in [6, 6.07) is 7.97. The van der Waals surface area contributed by atoms with Gasteiger partial charge in [-0.3, -0.25) is 9.59 Å². The Hall–Kier alpha value is -3.03. The summed E-state index contributed by atoms with van der Waals surface area (Å²) in [5.41, 5.74) is -0.205. The number of amides is 2. The first-order chi connectivity index (χ1) is 13.3. The fourth-order valence-electron chi connectivity index (χ4n) is 2.19. The topological polar surface area (TPSA) is 67.4 Å². The summed E-state index contributed by atoms with van der Waals surface area (Å²) in [6.45, 7) is 4.29. The monoisotopic (exact) mass is 394 g/mol. The zero-order valence-electron chi connectivity index (χ0n) is 15.5. The predicted molar refractivity (Wildman–Crippen MR) is 98.7 cm³/mol. The third-order valence-corrected chi connectivity index (χ3v) is 3.80. The summed E-state index contributed by atoms with van der Waals surface area (Å²) in [6.07, 6.45) is 0.913. The molecule has 0 unspecified atom stereocenters. The lowest BCUT2D eigenvalue weighted by Crippen LogP contribution is -2.33. The highest BCUT2D eigenvalue weighted by Gasteiger charge is 2.15. The van der Waals surface area contributed by atoms with E-state index in [0.717, 1.165) is 12.5 Å². The second-order valence-corrected chi connectivity index (χ2v) is 6.51. The van der Waals surface area contributed by atoms with E-state index in [1.807, 2.05) is 0 Å². The molecule has 0 spiro atoms. The van der Waals surface area contributed by atoms with Crippen LogP contribution in [-0.2, 0) is 4.79 Å². The van der Waals surface area contributed by atoms with Crippen molar-refractivity contribution in [2.75, 3.05) is 18.5 Å². The molecule has 28 heavy (non-hydrogen) atoms. The second kappa shape index (κ2) is 9.77. The lowest BCUT2D eigenvalue weighted by atomic mass is 10.1. The van der Waals surface area contributed by atoms with Gasteiger partial charge in [-0.25, -0.2) is 13.2 Å². The van der Waals surface area contributed by atoms with E-state index in [-0.39, 0.29) is 0 Å². The Labute approximate surface area is 160 Å². The molecule has 0 aliphatic carbocycles. The van der Waals surface area contributed by atoms with Gasteiger partial charge in [0.25, 0.3) is 5.91 Å². The van der Waals surface area contributed by atoms with E-state index in [0.29, 0.717) is 29.9 Å². The molecule has 2 amide bonds. The predicted octanol–water partition coefficient (Wildman–Crippen LogP) is 3.90. The maximum Gasteiger partial charge on any atom is 0.251 e. The van der Waals surface area contributed by atoms with Gasteiger partial charge >= 0.3 is 0 Å². The van der Waals surface area contributed by atoms with E-state index in [9.17, 15) is 22.8 Å². The van der Waals surface area contributed by atoms with E-state index >= 15 is 0 Å².